The van der Waals surface area contributed by atoms with Crippen molar-refractivity contribution >= 4 is 34.4 Å². The Morgan fingerprint density at radius 2 is 1.59 bits per heavy atom. The number of amides is 1. The Morgan fingerprint density at radius 1 is 0.882 bits per heavy atom. The van der Waals surface area contributed by atoms with Gasteiger partial charge < -0.3 is 19.9 Å². The van der Waals surface area contributed by atoms with Crippen LogP contribution in [0.25, 0.3) is 16.8 Å². The van der Waals surface area contributed by atoms with Gasteiger partial charge in [0, 0.05) is 11.1 Å². The van der Waals surface area contributed by atoms with Gasteiger partial charge in [-0.15, -0.1) is 0 Å². The number of hydrogen-bond acceptors (Lipinski definition) is 4. The highest BCUT2D eigenvalue weighted by Gasteiger charge is 2.13. The third-order valence-electron chi connectivity index (χ3n) is 5.27. The fourth-order valence-electron chi connectivity index (χ4n) is 3.46. The van der Waals surface area contributed by atoms with Gasteiger partial charge in [-0.2, -0.15) is 0 Å². The zero-order valence-corrected chi connectivity index (χ0v) is 18.5. The van der Waals surface area contributed by atoms with Crippen molar-refractivity contribution in [2.45, 2.75) is 0 Å². The smallest absolute Gasteiger partial charge is 0.335 e. The molecule has 0 aliphatic carbocycles. The summed E-state index contributed by atoms with van der Waals surface area (Å²) in [6.07, 6.45) is 1.69. The summed E-state index contributed by atoms with van der Waals surface area (Å²) in [6, 6.07) is 27.0. The molecule has 170 valence electrons. The molecule has 0 saturated carbocycles. The fourth-order valence-corrected chi connectivity index (χ4v) is 3.46. The molecule has 0 unspecified atom stereocenters. The first-order valence-electron chi connectivity index (χ1n) is 10.6. The van der Waals surface area contributed by atoms with Crippen molar-refractivity contribution in [3.8, 4) is 11.5 Å². The summed E-state index contributed by atoms with van der Waals surface area (Å²) in [6.45, 7) is 0.0245. The molecule has 0 aliphatic heterocycles. The zero-order chi connectivity index (χ0) is 23.9. The summed E-state index contributed by atoms with van der Waals surface area (Å²) in [5.74, 6) is 0.0223. The number of carbonyl (C=O) groups is 2. The molecular formula is C28H23NO5. The van der Waals surface area contributed by atoms with Crippen LogP contribution in [0.4, 0.5) is 5.69 Å². The predicted octanol–water partition coefficient (Wildman–Crippen LogP) is 5.65. The monoisotopic (exact) mass is 453 g/mol. The SMILES string of the molecule is COc1ccc(NC(=O)C(=Cc2ccc(C(=O)O)cc2)COc2cccc3ccccc23)cc1. The summed E-state index contributed by atoms with van der Waals surface area (Å²) in [7, 11) is 1.58. The molecule has 1 amide bonds. The number of rotatable bonds is 8. The molecule has 6 nitrogen and oxygen atoms in total. The molecule has 0 spiro atoms. The van der Waals surface area contributed by atoms with Crippen molar-refractivity contribution in [1.82, 2.24) is 0 Å². The lowest BCUT2D eigenvalue weighted by Crippen LogP contribution is -2.19. The zero-order valence-electron chi connectivity index (χ0n) is 18.5. The number of methoxy groups -OCH3 is 1. The highest BCUT2D eigenvalue weighted by molar-refractivity contribution is 6.07. The van der Waals surface area contributed by atoms with Crippen molar-refractivity contribution in [2.75, 3.05) is 19.0 Å². The average Bonchev–Trinajstić information content (AvgIpc) is 2.87. The predicted molar refractivity (Wildman–Crippen MR) is 132 cm³/mol. The van der Waals surface area contributed by atoms with Crippen molar-refractivity contribution < 1.29 is 24.2 Å². The van der Waals surface area contributed by atoms with E-state index in [0.29, 0.717) is 28.3 Å². The minimum atomic E-state index is -1.01. The van der Waals surface area contributed by atoms with Crippen molar-refractivity contribution in [3.05, 3.63) is 108 Å². The van der Waals surface area contributed by atoms with E-state index < -0.39 is 5.97 Å². The molecule has 0 heterocycles. The van der Waals surface area contributed by atoms with Gasteiger partial charge in [-0.3, -0.25) is 4.79 Å². The van der Waals surface area contributed by atoms with Crippen LogP contribution in [0.1, 0.15) is 15.9 Å². The van der Waals surface area contributed by atoms with Gasteiger partial charge in [0.1, 0.15) is 18.1 Å². The highest BCUT2D eigenvalue weighted by Crippen LogP contribution is 2.26. The molecule has 0 fully saturated rings. The second kappa shape index (κ2) is 10.4. The Balaban J connectivity index is 1.60. The van der Waals surface area contributed by atoms with Crippen LogP contribution in [0, 0.1) is 0 Å². The van der Waals surface area contributed by atoms with Crippen LogP contribution in [-0.4, -0.2) is 30.7 Å². The number of carbonyl (C=O) groups excluding carboxylic acids is 1. The van der Waals surface area contributed by atoms with Gasteiger partial charge in [-0.05, 0) is 59.5 Å². The van der Waals surface area contributed by atoms with Crippen LogP contribution >= 0.6 is 0 Å². The molecule has 0 aromatic heterocycles. The molecule has 4 rings (SSSR count). The maximum absolute atomic E-state index is 13.1. The molecule has 0 bridgehead atoms. The molecule has 0 atom stereocenters. The largest absolute Gasteiger partial charge is 0.497 e. The number of ether oxygens (including phenoxy) is 2. The Labute approximate surface area is 197 Å². The molecule has 2 N–H and O–H groups in total. The van der Waals surface area contributed by atoms with Gasteiger partial charge in [0.25, 0.3) is 5.91 Å². The van der Waals surface area contributed by atoms with Gasteiger partial charge in [0.15, 0.2) is 0 Å². The quantitative estimate of drug-likeness (QED) is 0.337. The number of hydrogen-bond donors (Lipinski definition) is 2. The maximum atomic E-state index is 13.1. The minimum absolute atomic E-state index is 0.0245. The van der Waals surface area contributed by atoms with Crippen molar-refractivity contribution in [1.29, 1.82) is 0 Å². The lowest BCUT2D eigenvalue weighted by atomic mass is 10.1. The minimum Gasteiger partial charge on any atom is -0.497 e. The number of benzene rings is 4. The van der Waals surface area contributed by atoms with E-state index in [1.165, 1.54) is 12.1 Å². The van der Waals surface area contributed by atoms with Crippen LogP contribution in [0.3, 0.4) is 0 Å². The molecule has 4 aromatic carbocycles. The van der Waals surface area contributed by atoms with Crippen molar-refractivity contribution in [2.24, 2.45) is 0 Å². The maximum Gasteiger partial charge on any atom is 0.335 e. The summed E-state index contributed by atoms with van der Waals surface area (Å²) in [5.41, 5.74) is 1.86. The molecule has 6 heteroatoms. The van der Waals surface area contributed by atoms with E-state index in [2.05, 4.69) is 5.32 Å². The Kier molecular flexibility index (Phi) is 6.89. The highest BCUT2D eigenvalue weighted by atomic mass is 16.5. The average molecular weight is 453 g/mol. The first-order valence-corrected chi connectivity index (χ1v) is 10.6. The topological polar surface area (TPSA) is 84.9 Å². The van der Waals surface area contributed by atoms with Crippen LogP contribution in [0.2, 0.25) is 0 Å². The number of fused-ring (bicyclic) bond motifs is 1. The summed E-state index contributed by atoms with van der Waals surface area (Å²) >= 11 is 0. The summed E-state index contributed by atoms with van der Waals surface area (Å²) < 4.78 is 11.2. The third kappa shape index (κ3) is 5.42. The number of nitrogens with one attached hydrogen (secondary N) is 1. The van der Waals surface area contributed by atoms with Crippen LogP contribution in [-0.2, 0) is 4.79 Å². The molecule has 34 heavy (non-hydrogen) atoms. The van der Waals surface area contributed by atoms with E-state index in [9.17, 15) is 9.59 Å². The fraction of sp³-hybridized carbons (Fsp3) is 0.0714. The number of aromatic carboxylic acids is 1. The third-order valence-corrected chi connectivity index (χ3v) is 5.27. The second-order valence-electron chi connectivity index (χ2n) is 7.55. The summed E-state index contributed by atoms with van der Waals surface area (Å²) in [4.78, 5) is 24.3. The molecule has 0 aliphatic rings. The van der Waals surface area contributed by atoms with Gasteiger partial charge in [0.2, 0.25) is 0 Å². The van der Waals surface area contributed by atoms with Crippen LogP contribution < -0.4 is 14.8 Å². The Hall–Kier alpha value is -4.58. The van der Waals surface area contributed by atoms with Gasteiger partial charge in [-0.1, -0.05) is 48.5 Å². The van der Waals surface area contributed by atoms with Crippen LogP contribution in [0.5, 0.6) is 11.5 Å². The lowest BCUT2D eigenvalue weighted by molar-refractivity contribution is -0.113. The van der Waals surface area contributed by atoms with E-state index in [0.717, 1.165) is 10.8 Å². The van der Waals surface area contributed by atoms with Crippen molar-refractivity contribution in [3.63, 3.8) is 0 Å². The molecule has 0 radical (unpaired) electrons. The van der Waals surface area contributed by atoms with E-state index >= 15 is 0 Å². The number of carboxylic acid groups (broad SMARTS) is 1. The lowest BCUT2D eigenvalue weighted by Gasteiger charge is -2.13. The van der Waals surface area contributed by atoms with E-state index in [1.54, 1.807) is 49.6 Å². The van der Waals surface area contributed by atoms with Gasteiger partial charge >= 0.3 is 5.97 Å². The Morgan fingerprint density at radius 3 is 2.29 bits per heavy atom. The first-order chi connectivity index (χ1) is 16.5. The normalized spacial score (nSPS) is 11.1. The first kappa shape index (κ1) is 22.6. The molecular weight excluding hydrogens is 430 g/mol. The van der Waals surface area contributed by atoms with Crippen LogP contribution in [0.15, 0.2) is 96.6 Å². The standard InChI is InChI=1S/C28H23NO5/c1-33-24-15-13-23(14-16-24)29-27(30)22(17-19-9-11-21(12-10-19)28(31)32)18-34-26-8-4-6-20-5-2-3-7-25(20)26/h2-17H,18H2,1H3,(H,29,30)(H,31,32). The van der Waals surface area contributed by atoms with Gasteiger partial charge in [0.05, 0.1) is 18.2 Å². The molecule has 0 saturated heterocycles. The van der Waals surface area contributed by atoms with E-state index in [1.807, 2.05) is 42.5 Å². The second-order valence-corrected chi connectivity index (χ2v) is 7.55. The van der Waals surface area contributed by atoms with E-state index in [4.69, 9.17) is 14.6 Å². The summed E-state index contributed by atoms with van der Waals surface area (Å²) in [5, 5.41) is 14.0. The van der Waals surface area contributed by atoms with Gasteiger partial charge in [-0.25, -0.2) is 4.79 Å². The molecule has 4 aromatic rings. The Bertz CT molecular complexity index is 1340. The number of anilines is 1. The van der Waals surface area contributed by atoms with E-state index in [-0.39, 0.29) is 18.1 Å². The number of carboxylic acids is 1.